The van der Waals surface area contributed by atoms with Crippen LogP contribution in [0.5, 0.6) is 0 Å². The van der Waals surface area contributed by atoms with E-state index < -0.39 is 22.4 Å². The van der Waals surface area contributed by atoms with Gasteiger partial charge >= 0.3 is 5.69 Å². The first-order chi connectivity index (χ1) is 16.1. The first kappa shape index (κ1) is 22.7. The molecule has 0 saturated heterocycles. The maximum absolute atomic E-state index is 13.1. The van der Waals surface area contributed by atoms with E-state index >= 15 is 0 Å². The largest absolute Gasteiger partial charge is 0.355 e. The molecule has 0 aliphatic heterocycles. The lowest BCUT2D eigenvalue weighted by molar-refractivity contribution is -0.383. The van der Waals surface area contributed by atoms with E-state index in [0.717, 1.165) is 22.4 Å². The highest BCUT2D eigenvalue weighted by molar-refractivity contribution is 5.88. The maximum Gasteiger partial charge on any atom is 0.355 e. The van der Waals surface area contributed by atoms with Crippen molar-refractivity contribution in [3.63, 3.8) is 0 Å². The lowest BCUT2D eigenvalue weighted by atomic mass is 9.91. The Morgan fingerprint density at radius 3 is 2.03 bits per heavy atom. The van der Waals surface area contributed by atoms with Crippen molar-refractivity contribution >= 4 is 23.2 Å². The smallest absolute Gasteiger partial charge is 0.324 e. The van der Waals surface area contributed by atoms with E-state index in [2.05, 4.69) is 20.8 Å². The van der Waals surface area contributed by atoms with Gasteiger partial charge in [-0.2, -0.15) is 10.5 Å². The quantitative estimate of drug-likeness (QED) is 0.288. The molecule has 0 atom stereocenters. The van der Waals surface area contributed by atoms with E-state index in [0.29, 0.717) is 0 Å². The Bertz CT molecular complexity index is 1150. The Morgan fingerprint density at radius 1 is 1.00 bits per heavy atom. The summed E-state index contributed by atoms with van der Waals surface area (Å²) in [6, 6.07) is 21.8. The monoisotopic (exact) mass is 442 g/mol. The summed E-state index contributed by atoms with van der Waals surface area (Å²) in [4.78, 5) is 33.0. The summed E-state index contributed by atoms with van der Waals surface area (Å²) in [6.45, 7) is -0.581. The molecule has 0 fully saturated rings. The Morgan fingerprint density at radius 2 is 1.55 bits per heavy atom. The molecule has 2 aromatic carbocycles. The molecule has 0 bridgehead atoms. The number of hydrogen-bond donors (Lipinski definition) is 2. The number of hydrogen-bond acceptors (Lipinski definition) is 9. The number of anilines is 2. The number of nitriles is 2. The van der Waals surface area contributed by atoms with Crippen LogP contribution in [0.15, 0.2) is 67.0 Å². The molecule has 3 rings (SSSR count). The molecule has 0 saturated carbocycles. The van der Waals surface area contributed by atoms with Gasteiger partial charge in [-0.25, -0.2) is 9.97 Å². The van der Waals surface area contributed by atoms with Crippen LogP contribution in [0.25, 0.3) is 0 Å². The minimum Gasteiger partial charge on any atom is -0.324 e. The lowest BCUT2D eigenvalue weighted by Gasteiger charge is -2.20. The fraction of sp³-hybridized carbons (Fsp3) is 0.136. The summed E-state index contributed by atoms with van der Waals surface area (Å²) >= 11 is 0. The molecule has 0 radical (unpaired) electrons. The molecule has 164 valence electrons. The maximum atomic E-state index is 13.1. The van der Waals surface area contributed by atoms with Crippen LogP contribution in [0.4, 0.5) is 17.3 Å². The van der Waals surface area contributed by atoms with Crippen LogP contribution in [0.2, 0.25) is 0 Å². The van der Waals surface area contributed by atoms with Crippen LogP contribution in [-0.2, 0) is 4.79 Å². The molecule has 11 heteroatoms. The van der Waals surface area contributed by atoms with Crippen molar-refractivity contribution in [2.75, 3.05) is 23.4 Å². The third kappa shape index (κ3) is 5.37. The highest BCUT2D eigenvalue weighted by Gasteiger charge is 2.28. The molecule has 33 heavy (non-hydrogen) atoms. The van der Waals surface area contributed by atoms with E-state index in [4.69, 9.17) is 10.5 Å². The Labute approximate surface area is 189 Å². The fourth-order valence-electron chi connectivity index (χ4n) is 3.22. The number of aromatic nitrogens is 2. The minimum atomic E-state index is -0.739. The molecule has 0 unspecified atom stereocenters. The summed E-state index contributed by atoms with van der Waals surface area (Å²) < 4.78 is 0. The van der Waals surface area contributed by atoms with Gasteiger partial charge in [0.15, 0.2) is 0 Å². The molecule has 3 aromatic rings. The van der Waals surface area contributed by atoms with Crippen LogP contribution < -0.4 is 15.8 Å². The third-order valence-electron chi connectivity index (χ3n) is 4.64. The van der Waals surface area contributed by atoms with Crippen molar-refractivity contribution in [1.82, 2.24) is 15.4 Å². The number of hydrazine groups is 1. The van der Waals surface area contributed by atoms with E-state index in [1.165, 1.54) is 0 Å². The first-order valence-electron chi connectivity index (χ1n) is 9.70. The molecule has 2 N–H and O–H groups in total. The highest BCUT2D eigenvalue weighted by atomic mass is 16.6. The van der Waals surface area contributed by atoms with Crippen LogP contribution in [0.3, 0.4) is 0 Å². The summed E-state index contributed by atoms with van der Waals surface area (Å²) in [5, 5.41) is 29.7. The first-order valence-corrected chi connectivity index (χ1v) is 9.70. The van der Waals surface area contributed by atoms with Crippen LogP contribution in [-0.4, -0.2) is 33.9 Å². The zero-order valence-corrected chi connectivity index (χ0v) is 17.3. The number of carbonyl (C=O) groups excluding carboxylic acids is 1. The van der Waals surface area contributed by atoms with Crippen molar-refractivity contribution in [3.8, 4) is 12.1 Å². The topological polar surface area (TPSA) is 161 Å². The molecule has 1 aromatic heterocycles. The number of nitrogens with zero attached hydrogens (tertiary/aromatic N) is 6. The Balaban J connectivity index is 1.91. The van der Waals surface area contributed by atoms with Gasteiger partial charge in [0.05, 0.1) is 23.0 Å². The summed E-state index contributed by atoms with van der Waals surface area (Å²) in [6.07, 6.45) is 1.05. The molecule has 0 aliphatic rings. The van der Waals surface area contributed by atoms with Crippen molar-refractivity contribution in [3.05, 3.63) is 88.2 Å². The predicted molar refractivity (Wildman–Crippen MR) is 119 cm³/mol. The van der Waals surface area contributed by atoms with Gasteiger partial charge in [0.25, 0.3) is 0 Å². The number of nitro groups is 1. The summed E-state index contributed by atoms with van der Waals surface area (Å²) in [5.74, 6) is -1.64. The lowest BCUT2D eigenvalue weighted by Crippen LogP contribution is -2.35. The van der Waals surface area contributed by atoms with Gasteiger partial charge in [0.1, 0.15) is 19.4 Å². The number of benzene rings is 2. The molecular weight excluding hydrogens is 424 g/mol. The SMILES string of the molecule is N#CCN(CC#N)c1ncnc(NNC(=O)C(c2ccccc2)c2ccccc2)c1[N+](=O)[O-]. The highest BCUT2D eigenvalue weighted by Crippen LogP contribution is 2.31. The van der Waals surface area contributed by atoms with Crippen molar-refractivity contribution in [2.24, 2.45) is 0 Å². The second-order valence-electron chi connectivity index (χ2n) is 6.69. The van der Waals surface area contributed by atoms with Crippen molar-refractivity contribution < 1.29 is 9.72 Å². The third-order valence-corrected chi connectivity index (χ3v) is 4.64. The van der Waals surface area contributed by atoms with Gasteiger partial charge in [-0.15, -0.1) is 0 Å². The molecule has 1 heterocycles. The number of amides is 1. The average molecular weight is 442 g/mol. The van der Waals surface area contributed by atoms with Gasteiger partial charge in [-0.3, -0.25) is 25.8 Å². The van der Waals surface area contributed by atoms with Gasteiger partial charge in [0.2, 0.25) is 17.5 Å². The number of rotatable bonds is 9. The second kappa shape index (κ2) is 10.8. The number of nitrogens with one attached hydrogen (secondary N) is 2. The van der Waals surface area contributed by atoms with Gasteiger partial charge in [-0.1, -0.05) is 60.7 Å². The van der Waals surface area contributed by atoms with Crippen molar-refractivity contribution in [1.29, 1.82) is 10.5 Å². The normalized spacial score (nSPS) is 10.0. The minimum absolute atomic E-state index is 0.211. The zero-order valence-electron chi connectivity index (χ0n) is 17.3. The van der Waals surface area contributed by atoms with E-state index in [-0.39, 0.29) is 24.7 Å². The molecule has 0 aliphatic carbocycles. The van der Waals surface area contributed by atoms with E-state index in [1.807, 2.05) is 72.8 Å². The summed E-state index contributed by atoms with van der Waals surface area (Å²) in [7, 11) is 0. The van der Waals surface area contributed by atoms with Crippen LogP contribution in [0.1, 0.15) is 17.0 Å². The average Bonchev–Trinajstić information content (AvgIpc) is 2.84. The van der Waals surface area contributed by atoms with Crippen LogP contribution >= 0.6 is 0 Å². The Hall–Kier alpha value is -5.03. The van der Waals surface area contributed by atoms with Gasteiger partial charge in [0, 0.05) is 0 Å². The molecule has 1 amide bonds. The van der Waals surface area contributed by atoms with Crippen LogP contribution in [0, 0.1) is 32.8 Å². The van der Waals surface area contributed by atoms with Crippen molar-refractivity contribution in [2.45, 2.75) is 5.92 Å². The van der Waals surface area contributed by atoms with E-state index in [9.17, 15) is 14.9 Å². The van der Waals surface area contributed by atoms with E-state index in [1.54, 1.807) is 0 Å². The predicted octanol–water partition coefficient (Wildman–Crippen LogP) is 2.51. The second-order valence-corrected chi connectivity index (χ2v) is 6.69. The zero-order chi connectivity index (χ0) is 23.6. The van der Waals surface area contributed by atoms with Gasteiger partial charge < -0.3 is 4.90 Å². The Kier molecular flexibility index (Phi) is 7.44. The fourth-order valence-corrected chi connectivity index (χ4v) is 3.22. The standard InChI is InChI=1S/C22H18N8O3/c23-11-13-29(14-12-24)21-19(30(32)33)20(25-15-26-21)27-28-22(31)18(16-7-3-1-4-8-16)17-9-5-2-6-10-17/h1-10,15,18H,13-14H2,(H,28,31)(H,25,26,27). The number of carbonyl (C=O) groups is 1. The molecule has 0 spiro atoms. The van der Waals surface area contributed by atoms with Gasteiger partial charge in [-0.05, 0) is 11.1 Å². The molecule has 11 nitrogen and oxygen atoms in total. The molecular formula is C22H18N8O3. The summed E-state index contributed by atoms with van der Waals surface area (Å²) in [5.41, 5.74) is 5.89.